The number of thiazole rings is 1. The van der Waals surface area contributed by atoms with E-state index in [0.29, 0.717) is 0 Å². The molecule has 2 aromatic heterocycles. The molecule has 0 aliphatic rings. The Morgan fingerprint density at radius 3 is 3.13 bits per heavy atom. The fraction of sp³-hybridized carbons (Fsp3) is 0.400. The molecule has 2 heterocycles. The lowest BCUT2D eigenvalue weighted by atomic mass is 10.4. The molecule has 2 rings (SSSR count). The van der Waals surface area contributed by atoms with E-state index >= 15 is 0 Å². The maximum atomic E-state index is 4.31. The highest BCUT2D eigenvalue weighted by Crippen LogP contribution is 2.07. The van der Waals surface area contributed by atoms with Gasteiger partial charge < -0.3 is 9.88 Å². The molecular weight excluding hydrogens is 208 g/mol. The molecule has 0 unspecified atom stereocenters. The molecule has 0 saturated heterocycles. The Balaban J connectivity index is 1.95. The van der Waals surface area contributed by atoms with E-state index in [1.807, 2.05) is 17.9 Å². The summed E-state index contributed by atoms with van der Waals surface area (Å²) < 4.78 is 2.06. The molecule has 0 radical (unpaired) electrons. The van der Waals surface area contributed by atoms with Crippen LogP contribution in [-0.2, 0) is 13.1 Å². The standard InChI is InChI=1S/C10H14N4S/c1-2-11-5-9-6-14(8-13-9)7-10-12-3-4-15-10/h3-4,6,8,11H,2,5,7H2,1H3. The molecule has 5 heteroatoms. The minimum Gasteiger partial charge on any atom is -0.330 e. The van der Waals surface area contributed by atoms with Gasteiger partial charge in [0.15, 0.2) is 0 Å². The molecule has 15 heavy (non-hydrogen) atoms. The summed E-state index contributed by atoms with van der Waals surface area (Å²) in [5, 5.41) is 6.35. The van der Waals surface area contributed by atoms with Crippen LogP contribution in [0.25, 0.3) is 0 Å². The minimum atomic E-state index is 0.816. The highest BCUT2D eigenvalue weighted by Gasteiger charge is 2.00. The van der Waals surface area contributed by atoms with Gasteiger partial charge in [0.1, 0.15) is 5.01 Å². The largest absolute Gasteiger partial charge is 0.330 e. The van der Waals surface area contributed by atoms with Crippen LogP contribution in [0.15, 0.2) is 24.1 Å². The smallest absolute Gasteiger partial charge is 0.112 e. The van der Waals surface area contributed by atoms with E-state index in [0.717, 1.165) is 30.3 Å². The first-order valence-electron chi connectivity index (χ1n) is 4.98. The second kappa shape index (κ2) is 5.04. The van der Waals surface area contributed by atoms with Crippen LogP contribution in [0.5, 0.6) is 0 Å². The molecule has 0 fully saturated rings. The Hall–Kier alpha value is -1.20. The SMILES string of the molecule is CCNCc1cn(Cc2nccs2)cn1. The van der Waals surface area contributed by atoms with Crippen LogP contribution in [0, 0.1) is 0 Å². The number of rotatable bonds is 5. The summed E-state index contributed by atoms with van der Waals surface area (Å²) in [5.74, 6) is 0. The zero-order valence-corrected chi connectivity index (χ0v) is 9.50. The Morgan fingerprint density at radius 1 is 1.47 bits per heavy atom. The fourth-order valence-corrected chi connectivity index (χ4v) is 1.95. The number of aromatic nitrogens is 3. The van der Waals surface area contributed by atoms with Crippen LogP contribution in [0.3, 0.4) is 0 Å². The third-order valence-electron chi connectivity index (χ3n) is 2.04. The van der Waals surface area contributed by atoms with E-state index in [-0.39, 0.29) is 0 Å². The van der Waals surface area contributed by atoms with Crippen molar-refractivity contribution in [2.45, 2.75) is 20.0 Å². The van der Waals surface area contributed by atoms with Gasteiger partial charge in [0, 0.05) is 24.3 Å². The average Bonchev–Trinajstić information content (AvgIpc) is 2.87. The molecule has 4 nitrogen and oxygen atoms in total. The van der Waals surface area contributed by atoms with Crippen molar-refractivity contribution in [2.75, 3.05) is 6.54 Å². The van der Waals surface area contributed by atoms with Crippen molar-refractivity contribution in [3.8, 4) is 0 Å². The lowest BCUT2D eigenvalue weighted by molar-refractivity contribution is 0.712. The Bertz CT molecular complexity index is 393. The first kappa shape index (κ1) is 10.3. The van der Waals surface area contributed by atoms with Crippen LogP contribution in [0.1, 0.15) is 17.6 Å². The lowest BCUT2D eigenvalue weighted by Crippen LogP contribution is -2.11. The van der Waals surface area contributed by atoms with Crippen molar-refractivity contribution in [3.63, 3.8) is 0 Å². The summed E-state index contributed by atoms with van der Waals surface area (Å²) in [4.78, 5) is 8.55. The van der Waals surface area contributed by atoms with Gasteiger partial charge in [-0.2, -0.15) is 0 Å². The van der Waals surface area contributed by atoms with E-state index in [1.165, 1.54) is 0 Å². The van der Waals surface area contributed by atoms with Gasteiger partial charge >= 0.3 is 0 Å². The van der Waals surface area contributed by atoms with Crippen molar-refractivity contribution < 1.29 is 0 Å². The second-order valence-corrected chi connectivity index (χ2v) is 4.22. The second-order valence-electron chi connectivity index (χ2n) is 3.24. The molecule has 0 saturated carbocycles. The molecule has 0 aliphatic carbocycles. The van der Waals surface area contributed by atoms with Gasteiger partial charge in [-0.1, -0.05) is 6.92 Å². The summed E-state index contributed by atoms with van der Waals surface area (Å²) in [6.45, 7) is 4.71. The van der Waals surface area contributed by atoms with Gasteiger partial charge in [-0.05, 0) is 6.54 Å². The van der Waals surface area contributed by atoms with Crippen LogP contribution in [0.2, 0.25) is 0 Å². The highest BCUT2D eigenvalue weighted by molar-refractivity contribution is 7.09. The number of nitrogens with zero attached hydrogens (tertiary/aromatic N) is 3. The first-order chi connectivity index (χ1) is 7.38. The third-order valence-corrected chi connectivity index (χ3v) is 2.81. The molecule has 80 valence electrons. The molecule has 0 atom stereocenters. The van der Waals surface area contributed by atoms with E-state index in [2.05, 4.69) is 33.0 Å². The monoisotopic (exact) mass is 222 g/mol. The van der Waals surface area contributed by atoms with Crippen molar-refractivity contribution in [1.29, 1.82) is 0 Å². The summed E-state index contributed by atoms with van der Waals surface area (Å²) in [5.41, 5.74) is 1.08. The predicted molar refractivity (Wildman–Crippen MR) is 60.8 cm³/mol. The molecule has 0 bridgehead atoms. The maximum absolute atomic E-state index is 4.31. The van der Waals surface area contributed by atoms with Crippen molar-refractivity contribution in [1.82, 2.24) is 19.9 Å². The van der Waals surface area contributed by atoms with Crippen LogP contribution in [-0.4, -0.2) is 21.1 Å². The van der Waals surface area contributed by atoms with Gasteiger partial charge in [-0.25, -0.2) is 9.97 Å². The lowest BCUT2D eigenvalue weighted by Gasteiger charge is -1.97. The number of nitrogens with one attached hydrogen (secondary N) is 1. The van der Waals surface area contributed by atoms with Gasteiger partial charge in [0.05, 0.1) is 18.6 Å². The van der Waals surface area contributed by atoms with Crippen molar-refractivity contribution >= 4 is 11.3 Å². The summed E-state index contributed by atoms with van der Waals surface area (Å²) in [6.07, 6.45) is 5.74. The molecule has 0 aliphatic heterocycles. The molecule has 2 aromatic rings. The quantitative estimate of drug-likeness (QED) is 0.833. The summed E-state index contributed by atoms with van der Waals surface area (Å²) in [7, 11) is 0. The van der Waals surface area contributed by atoms with Gasteiger partial charge in [0.2, 0.25) is 0 Å². The minimum absolute atomic E-state index is 0.816. The normalized spacial score (nSPS) is 10.7. The van der Waals surface area contributed by atoms with Gasteiger partial charge in [0.25, 0.3) is 0 Å². The van der Waals surface area contributed by atoms with Gasteiger partial charge in [-0.15, -0.1) is 11.3 Å². The Labute approximate surface area is 93.0 Å². The van der Waals surface area contributed by atoms with Crippen molar-refractivity contribution in [3.05, 3.63) is 34.8 Å². The maximum Gasteiger partial charge on any atom is 0.112 e. The number of hydrogen-bond acceptors (Lipinski definition) is 4. The van der Waals surface area contributed by atoms with Crippen LogP contribution >= 0.6 is 11.3 Å². The van der Waals surface area contributed by atoms with E-state index in [1.54, 1.807) is 11.3 Å². The van der Waals surface area contributed by atoms with Crippen molar-refractivity contribution in [2.24, 2.45) is 0 Å². The zero-order chi connectivity index (χ0) is 10.5. The molecule has 1 N–H and O–H groups in total. The third kappa shape index (κ3) is 2.87. The van der Waals surface area contributed by atoms with Crippen LogP contribution < -0.4 is 5.32 Å². The average molecular weight is 222 g/mol. The molecule has 0 spiro atoms. The van der Waals surface area contributed by atoms with Gasteiger partial charge in [-0.3, -0.25) is 0 Å². The van der Waals surface area contributed by atoms with E-state index in [4.69, 9.17) is 0 Å². The molecule has 0 aromatic carbocycles. The Kier molecular flexibility index (Phi) is 3.47. The topological polar surface area (TPSA) is 42.7 Å². The Morgan fingerprint density at radius 2 is 2.40 bits per heavy atom. The fourth-order valence-electron chi connectivity index (χ4n) is 1.32. The van der Waals surface area contributed by atoms with E-state index in [9.17, 15) is 0 Å². The molecule has 0 amide bonds. The highest BCUT2D eigenvalue weighted by atomic mass is 32.1. The zero-order valence-electron chi connectivity index (χ0n) is 8.68. The predicted octanol–water partition coefficient (Wildman–Crippen LogP) is 1.50. The molecular formula is C10H14N4S. The first-order valence-corrected chi connectivity index (χ1v) is 5.86. The summed E-state index contributed by atoms with van der Waals surface area (Å²) in [6, 6.07) is 0. The number of imidazole rings is 1. The number of hydrogen-bond donors (Lipinski definition) is 1. The van der Waals surface area contributed by atoms with E-state index < -0.39 is 0 Å². The summed E-state index contributed by atoms with van der Waals surface area (Å²) >= 11 is 1.67. The van der Waals surface area contributed by atoms with Crippen LogP contribution in [0.4, 0.5) is 0 Å².